The van der Waals surface area contributed by atoms with E-state index in [1.807, 2.05) is 45.9 Å². The zero-order valence-electron chi connectivity index (χ0n) is 23.4. The lowest BCUT2D eigenvalue weighted by atomic mass is 9.71. The Balaban J connectivity index is 1.79. The van der Waals surface area contributed by atoms with Crippen molar-refractivity contribution in [3.63, 3.8) is 0 Å². The highest BCUT2D eigenvalue weighted by Crippen LogP contribution is 2.47. The average Bonchev–Trinajstić information content (AvgIpc) is 2.91. The molecule has 1 aliphatic heterocycles. The van der Waals surface area contributed by atoms with Gasteiger partial charge >= 0.3 is 5.97 Å². The van der Waals surface area contributed by atoms with Crippen molar-refractivity contribution in [1.29, 1.82) is 0 Å². The van der Waals surface area contributed by atoms with Gasteiger partial charge in [-0.15, -0.1) is 0 Å². The zero-order valence-corrected chi connectivity index (χ0v) is 23.4. The molecular formula is C31H37NO7. The second kappa shape index (κ2) is 11.8. The molecular weight excluding hydrogens is 498 g/mol. The molecule has 2 unspecified atom stereocenters. The summed E-state index contributed by atoms with van der Waals surface area (Å²) in [7, 11) is 3.17. The molecule has 39 heavy (non-hydrogen) atoms. The normalized spacial score (nSPS) is 19.0. The summed E-state index contributed by atoms with van der Waals surface area (Å²) in [6.45, 7) is 8.23. The number of rotatable bonds is 9. The first-order valence-electron chi connectivity index (χ1n) is 13.3. The minimum absolute atomic E-state index is 0.00291. The van der Waals surface area contributed by atoms with Crippen LogP contribution in [-0.2, 0) is 14.3 Å². The third-order valence-electron chi connectivity index (χ3n) is 7.09. The van der Waals surface area contributed by atoms with Crippen LogP contribution in [0.5, 0.6) is 23.0 Å². The van der Waals surface area contributed by atoms with Crippen molar-refractivity contribution in [3.8, 4) is 23.0 Å². The third-order valence-corrected chi connectivity index (χ3v) is 7.09. The summed E-state index contributed by atoms with van der Waals surface area (Å²) < 4.78 is 22.1. The van der Waals surface area contributed by atoms with Crippen molar-refractivity contribution in [2.45, 2.75) is 52.4 Å². The summed E-state index contributed by atoms with van der Waals surface area (Å²) in [5, 5.41) is 13.7. The molecule has 0 bridgehead atoms. The molecule has 0 amide bonds. The first-order valence-corrected chi connectivity index (χ1v) is 13.3. The zero-order chi connectivity index (χ0) is 28.3. The van der Waals surface area contributed by atoms with Crippen LogP contribution in [-0.4, -0.2) is 44.3 Å². The summed E-state index contributed by atoms with van der Waals surface area (Å²) in [5.41, 5.74) is 4.00. The molecule has 2 aliphatic rings. The van der Waals surface area contributed by atoms with Gasteiger partial charge in [0.15, 0.2) is 28.8 Å². The maximum absolute atomic E-state index is 13.9. The van der Waals surface area contributed by atoms with E-state index >= 15 is 0 Å². The summed E-state index contributed by atoms with van der Waals surface area (Å²) >= 11 is 0. The quantitative estimate of drug-likeness (QED) is 0.413. The molecule has 208 valence electrons. The Morgan fingerprint density at radius 1 is 1.03 bits per heavy atom. The number of phenols is 1. The Bertz CT molecular complexity index is 1320. The topological polar surface area (TPSA) is 103 Å². The largest absolute Gasteiger partial charge is 0.504 e. The molecule has 8 heteroatoms. The van der Waals surface area contributed by atoms with Gasteiger partial charge < -0.3 is 29.4 Å². The number of nitrogens with one attached hydrogen (secondary N) is 1. The van der Waals surface area contributed by atoms with Crippen LogP contribution in [0.3, 0.4) is 0 Å². The number of benzene rings is 2. The van der Waals surface area contributed by atoms with Crippen LogP contribution in [0.15, 0.2) is 58.9 Å². The number of carbonyl (C=O) groups is 2. The molecule has 1 heterocycles. The summed E-state index contributed by atoms with van der Waals surface area (Å²) in [5.74, 6) is 0.440. The Labute approximate surface area is 229 Å². The molecule has 0 fully saturated rings. The molecule has 0 saturated carbocycles. The number of carbonyl (C=O) groups excluding carboxylic acids is 2. The summed E-state index contributed by atoms with van der Waals surface area (Å²) in [6.07, 6.45) is 0.853. The van der Waals surface area contributed by atoms with Gasteiger partial charge in [-0.25, -0.2) is 4.79 Å². The van der Waals surface area contributed by atoms with Crippen LogP contribution in [0.25, 0.3) is 0 Å². The standard InChI is InChI=1S/C31H37NO7/c1-7-38-26-15-20(8-10-23(26)33)29-28(31(35)39-16-17(2)3)18(4)32-22-12-21(13-24(34)30(22)29)19-9-11-25(36-5)27(14-19)37-6/h8-11,14-15,17,21,29,32-33H,7,12-13,16H2,1-6H3. The highest BCUT2D eigenvalue weighted by Gasteiger charge is 2.42. The van der Waals surface area contributed by atoms with Crippen molar-refractivity contribution in [3.05, 3.63) is 70.1 Å². The number of esters is 1. The van der Waals surface area contributed by atoms with E-state index in [4.69, 9.17) is 18.9 Å². The molecule has 0 radical (unpaired) electrons. The number of dihydropyridines is 1. The highest BCUT2D eigenvalue weighted by atomic mass is 16.5. The fourth-order valence-electron chi connectivity index (χ4n) is 5.29. The smallest absolute Gasteiger partial charge is 0.336 e. The second-order valence-corrected chi connectivity index (χ2v) is 10.3. The molecule has 2 N–H and O–H groups in total. The third kappa shape index (κ3) is 5.75. The van der Waals surface area contributed by atoms with Gasteiger partial charge in [0.05, 0.1) is 33.0 Å². The van der Waals surface area contributed by atoms with Crippen molar-refractivity contribution in [2.24, 2.45) is 5.92 Å². The van der Waals surface area contributed by atoms with Crippen molar-refractivity contribution in [2.75, 3.05) is 27.4 Å². The van der Waals surface area contributed by atoms with E-state index in [0.717, 1.165) is 11.3 Å². The predicted molar refractivity (Wildman–Crippen MR) is 147 cm³/mol. The monoisotopic (exact) mass is 535 g/mol. The fourth-order valence-corrected chi connectivity index (χ4v) is 5.29. The lowest BCUT2D eigenvalue weighted by Gasteiger charge is -2.37. The molecule has 8 nitrogen and oxygen atoms in total. The molecule has 0 spiro atoms. The molecule has 2 atom stereocenters. The maximum atomic E-state index is 13.9. The molecule has 2 aromatic rings. The first-order chi connectivity index (χ1) is 18.7. The number of allylic oxidation sites excluding steroid dienone is 3. The van der Waals surface area contributed by atoms with E-state index in [9.17, 15) is 14.7 Å². The lowest BCUT2D eigenvalue weighted by molar-refractivity contribution is -0.140. The van der Waals surface area contributed by atoms with Gasteiger partial charge in [0.25, 0.3) is 0 Å². The van der Waals surface area contributed by atoms with E-state index in [1.54, 1.807) is 26.4 Å². The van der Waals surface area contributed by atoms with E-state index in [0.29, 0.717) is 52.7 Å². The molecule has 1 aliphatic carbocycles. The number of phenolic OH excluding ortho intramolecular Hbond substituents is 1. The Morgan fingerprint density at radius 2 is 1.72 bits per heavy atom. The van der Waals surface area contributed by atoms with Gasteiger partial charge in [0.1, 0.15) is 0 Å². The average molecular weight is 536 g/mol. The van der Waals surface area contributed by atoms with E-state index in [-0.39, 0.29) is 36.4 Å². The SMILES string of the molecule is CCOc1cc(C2C(C(=O)OCC(C)C)=C(C)NC3=C2C(=O)CC(c2ccc(OC)c(OC)c2)C3)ccc1O. The van der Waals surface area contributed by atoms with Gasteiger partial charge in [0, 0.05) is 29.3 Å². The van der Waals surface area contributed by atoms with Gasteiger partial charge in [-0.1, -0.05) is 26.0 Å². The maximum Gasteiger partial charge on any atom is 0.336 e. The van der Waals surface area contributed by atoms with Crippen molar-refractivity contribution >= 4 is 11.8 Å². The fraction of sp³-hybridized carbons (Fsp3) is 0.419. The lowest BCUT2D eigenvalue weighted by Crippen LogP contribution is -2.36. The molecule has 4 rings (SSSR count). The summed E-state index contributed by atoms with van der Waals surface area (Å²) in [6, 6.07) is 10.7. The number of hydrogen-bond donors (Lipinski definition) is 2. The number of Topliss-reactive ketones (excluding diaryl/α,β-unsaturated/α-hetero) is 1. The minimum Gasteiger partial charge on any atom is -0.504 e. The molecule has 0 saturated heterocycles. The number of aromatic hydroxyl groups is 1. The van der Waals surface area contributed by atoms with Gasteiger partial charge in [-0.05, 0) is 67.5 Å². The van der Waals surface area contributed by atoms with E-state index < -0.39 is 11.9 Å². The first kappa shape index (κ1) is 28.1. The molecule has 2 aromatic carbocycles. The van der Waals surface area contributed by atoms with Gasteiger partial charge in [-0.2, -0.15) is 0 Å². The van der Waals surface area contributed by atoms with Gasteiger partial charge in [-0.3, -0.25) is 4.79 Å². The number of ketones is 1. The van der Waals surface area contributed by atoms with Crippen LogP contribution in [0.4, 0.5) is 0 Å². The van der Waals surface area contributed by atoms with E-state index in [1.165, 1.54) is 6.07 Å². The molecule has 0 aromatic heterocycles. The van der Waals surface area contributed by atoms with E-state index in [2.05, 4.69) is 5.32 Å². The summed E-state index contributed by atoms with van der Waals surface area (Å²) in [4.78, 5) is 27.3. The minimum atomic E-state index is -0.653. The van der Waals surface area contributed by atoms with Crippen molar-refractivity contribution < 1.29 is 33.6 Å². The van der Waals surface area contributed by atoms with Crippen molar-refractivity contribution in [1.82, 2.24) is 5.32 Å². The Hall–Kier alpha value is -3.94. The number of ether oxygens (including phenoxy) is 4. The van der Waals surface area contributed by atoms with Crippen LogP contribution < -0.4 is 19.5 Å². The van der Waals surface area contributed by atoms with Crippen LogP contribution in [0.2, 0.25) is 0 Å². The van der Waals surface area contributed by atoms with Gasteiger partial charge in [0.2, 0.25) is 0 Å². The number of hydrogen-bond acceptors (Lipinski definition) is 8. The van der Waals surface area contributed by atoms with Crippen LogP contribution in [0.1, 0.15) is 63.5 Å². The van der Waals surface area contributed by atoms with Crippen LogP contribution >= 0.6 is 0 Å². The number of methoxy groups -OCH3 is 2. The second-order valence-electron chi connectivity index (χ2n) is 10.3. The predicted octanol–water partition coefficient (Wildman–Crippen LogP) is 5.37. The Kier molecular flexibility index (Phi) is 8.53. The highest BCUT2D eigenvalue weighted by molar-refractivity contribution is 6.04. The Morgan fingerprint density at radius 3 is 2.38 bits per heavy atom. The van der Waals surface area contributed by atoms with Crippen LogP contribution in [0, 0.1) is 5.92 Å².